The largest absolute Gasteiger partial charge is 0.509 e. The van der Waals surface area contributed by atoms with Crippen LogP contribution in [0.2, 0.25) is 26.2 Å². The van der Waals surface area contributed by atoms with Gasteiger partial charge in [0.1, 0.15) is 22.0 Å². The summed E-state index contributed by atoms with van der Waals surface area (Å²) < 4.78 is 8.98. The van der Waals surface area contributed by atoms with Gasteiger partial charge in [-0.2, -0.15) is 12.1 Å². The quantitative estimate of drug-likeness (QED) is 0.127. The van der Waals surface area contributed by atoms with Crippen LogP contribution in [0.5, 0.6) is 11.5 Å². The van der Waals surface area contributed by atoms with E-state index in [1.807, 2.05) is 18.3 Å². The summed E-state index contributed by atoms with van der Waals surface area (Å²) in [5.74, 6) is 2.09. The Bertz CT molecular complexity index is 3460. The van der Waals surface area contributed by atoms with Crippen molar-refractivity contribution in [2.75, 3.05) is 14.7 Å². The van der Waals surface area contributed by atoms with Gasteiger partial charge in [-0.1, -0.05) is 134 Å². The summed E-state index contributed by atoms with van der Waals surface area (Å²) in [5.41, 5.74) is 12.9. The molecule has 9 heteroatoms. The third-order valence-corrected chi connectivity index (χ3v) is 21.8. The van der Waals surface area contributed by atoms with Crippen LogP contribution in [0.25, 0.3) is 27.6 Å². The van der Waals surface area contributed by atoms with Gasteiger partial charge >= 0.3 is 0 Å². The number of rotatable bonds is 5. The van der Waals surface area contributed by atoms with Crippen LogP contribution >= 0.6 is 0 Å². The van der Waals surface area contributed by atoms with Crippen molar-refractivity contribution < 1.29 is 25.8 Å². The molecule has 5 heterocycles. The monoisotopic (exact) mass is 1110 g/mol. The van der Waals surface area contributed by atoms with Crippen molar-refractivity contribution in [3.8, 4) is 17.3 Å². The summed E-state index contributed by atoms with van der Waals surface area (Å²) >= 11 is 0. The molecule has 0 saturated carbocycles. The van der Waals surface area contributed by atoms with E-state index in [4.69, 9.17) is 9.72 Å². The molecule has 0 fully saturated rings. The number of para-hydroxylation sites is 4. The maximum Gasteiger partial charge on any atom is 0.135 e. The molecule has 0 saturated heterocycles. The van der Waals surface area contributed by atoms with E-state index in [9.17, 15) is 0 Å². The molecule has 0 radical (unpaired) electrons. The third-order valence-electron chi connectivity index (χ3n) is 14.8. The van der Waals surface area contributed by atoms with E-state index >= 15 is 0 Å². The Labute approximate surface area is 423 Å². The number of hydrogen-bond donors (Lipinski definition) is 0. The average molecular weight is 1110 g/mol. The zero-order chi connectivity index (χ0) is 47.1. The van der Waals surface area contributed by atoms with Gasteiger partial charge in [0.15, 0.2) is 0 Å². The average Bonchev–Trinajstić information content (AvgIpc) is 3.87. The van der Waals surface area contributed by atoms with Crippen LogP contribution in [0.4, 0.5) is 39.8 Å². The summed E-state index contributed by atoms with van der Waals surface area (Å²) in [6, 6.07) is 60.9. The van der Waals surface area contributed by atoms with Gasteiger partial charge in [0.25, 0.3) is 0 Å². The Morgan fingerprint density at radius 1 is 0.536 bits per heavy atom. The number of anilines is 7. The van der Waals surface area contributed by atoms with Crippen molar-refractivity contribution in [3.05, 3.63) is 182 Å². The second kappa shape index (κ2) is 15.9. The minimum absolute atomic E-state index is 0. The molecule has 9 aromatic rings. The molecule has 3 aliphatic heterocycles. The maximum atomic E-state index is 6.75. The van der Waals surface area contributed by atoms with Crippen molar-refractivity contribution in [2.45, 2.75) is 78.6 Å². The molecule has 0 spiro atoms. The zero-order valence-electron chi connectivity index (χ0n) is 41.0. The predicted molar refractivity (Wildman–Crippen MR) is 290 cm³/mol. The van der Waals surface area contributed by atoms with E-state index in [-0.39, 0.29) is 31.9 Å². The van der Waals surface area contributed by atoms with Crippen LogP contribution in [0.15, 0.2) is 152 Å². The number of pyridine rings is 1. The molecule has 7 aromatic carbocycles. The first-order valence-electron chi connectivity index (χ1n) is 23.9. The number of benzene rings is 7. The fourth-order valence-electron chi connectivity index (χ4n) is 11.0. The van der Waals surface area contributed by atoms with E-state index in [1.165, 1.54) is 60.0 Å². The minimum atomic E-state index is -2.15. The topological polar surface area (TPSA) is 36.8 Å². The molecular formula is C60H56N5OPtSi2-3. The second-order valence-corrected chi connectivity index (χ2v) is 30.6. The van der Waals surface area contributed by atoms with Crippen molar-refractivity contribution in [1.82, 2.24) is 9.55 Å². The van der Waals surface area contributed by atoms with Gasteiger partial charge in [-0.25, -0.2) is 4.98 Å². The first-order valence-corrected chi connectivity index (χ1v) is 29.9. The van der Waals surface area contributed by atoms with E-state index < -0.39 is 16.1 Å². The molecule has 3 aliphatic rings. The second-order valence-electron chi connectivity index (χ2n) is 21.9. The number of nitrogens with zero attached hydrogens (tertiary/aromatic N) is 5. The number of ether oxygens (including phenoxy) is 1. The number of aromatic nitrogens is 2. The third kappa shape index (κ3) is 7.07. The fourth-order valence-corrected chi connectivity index (χ4v) is 17.1. The van der Waals surface area contributed by atoms with Gasteiger partial charge in [-0.15, -0.1) is 48.1 Å². The minimum Gasteiger partial charge on any atom is -0.509 e. The van der Waals surface area contributed by atoms with Gasteiger partial charge in [-0.3, -0.25) is 0 Å². The van der Waals surface area contributed by atoms with E-state index in [2.05, 4.69) is 239 Å². The smallest absolute Gasteiger partial charge is 0.135 e. The molecule has 6 nitrogen and oxygen atoms in total. The van der Waals surface area contributed by atoms with Crippen LogP contribution < -0.4 is 40.2 Å². The summed E-state index contributed by atoms with van der Waals surface area (Å²) in [7, 11) is -4.29. The molecule has 348 valence electrons. The molecule has 69 heavy (non-hydrogen) atoms. The molecule has 2 aromatic heterocycles. The zero-order valence-corrected chi connectivity index (χ0v) is 45.2. The number of fused-ring (bicyclic) bond motifs is 8. The normalized spacial score (nSPS) is 15.4. The standard InChI is InChI=1S/C60H56N5OSi2.Pt/c1-59(2,3)39-26-29-47-46(32-39)45-28-27-44(37-52(45)64(47)57-33-40(30-31-61-57)60(4,5)6)66-43-19-17-18-41(34-43)62-38-63(49-21-12-11-20-48(49)62)42-35-55-58-56(36-42)68(9,10)54-25-16-14-23-51(54)65(58)50-22-13-15-24-53(50)67(55,7)8;/h11-33,35-36,38H,1-10H3;/q-3;. The molecular weight excluding hydrogens is 1060 g/mol. The molecule has 0 N–H and O–H groups in total. The van der Waals surface area contributed by atoms with Gasteiger partial charge in [0, 0.05) is 78.4 Å². The van der Waals surface area contributed by atoms with E-state index in [0.29, 0.717) is 11.5 Å². The van der Waals surface area contributed by atoms with Crippen LogP contribution in [0.3, 0.4) is 0 Å². The Morgan fingerprint density at radius 2 is 1.12 bits per heavy atom. The molecule has 0 aliphatic carbocycles. The molecule has 0 bridgehead atoms. The Balaban J connectivity index is 0.00000520. The first kappa shape index (κ1) is 45.3. The van der Waals surface area contributed by atoms with Crippen LogP contribution in [-0.4, -0.2) is 25.7 Å². The van der Waals surface area contributed by atoms with Gasteiger partial charge < -0.3 is 24.0 Å². The van der Waals surface area contributed by atoms with E-state index in [0.717, 1.165) is 39.3 Å². The van der Waals surface area contributed by atoms with Crippen molar-refractivity contribution in [3.63, 3.8) is 0 Å². The SMILES string of the molecule is CC(C)(C)c1ccnc(-n2c3[c-]c(Oc4[c-]c(N5[CH-]N(c6cc7c8c(c6)[Si](C)(C)c6ccccc6N8c6ccccc6[Si]7(C)C)c6ccccc65)ccc4)ccc3c3cc(C(C)(C)C)ccc32)c1.[Pt]. The molecule has 0 unspecified atom stereocenters. The van der Waals surface area contributed by atoms with E-state index in [1.54, 1.807) is 0 Å². The van der Waals surface area contributed by atoms with Crippen molar-refractivity contribution in [2.24, 2.45) is 0 Å². The Morgan fingerprint density at radius 3 is 1.75 bits per heavy atom. The summed E-state index contributed by atoms with van der Waals surface area (Å²) in [6.07, 6.45) is 1.92. The predicted octanol–water partition coefficient (Wildman–Crippen LogP) is 13.3. The molecule has 12 rings (SSSR count). The van der Waals surface area contributed by atoms with Crippen LogP contribution in [0.1, 0.15) is 52.7 Å². The van der Waals surface area contributed by atoms with Gasteiger partial charge in [0.2, 0.25) is 0 Å². The Kier molecular flexibility index (Phi) is 10.4. The first-order chi connectivity index (χ1) is 32.5. The van der Waals surface area contributed by atoms with Crippen LogP contribution in [-0.2, 0) is 31.9 Å². The number of hydrogen-bond acceptors (Lipinski definition) is 5. The van der Waals surface area contributed by atoms with Crippen LogP contribution in [0, 0.1) is 18.8 Å². The summed E-state index contributed by atoms with van der Waals surface area (Å²) in [6.45, 7) is 25.9. The maximum absolute atomic E-state index is 6.75. The molecule has 0 atom stereocenters. The Hall–Kier alpha value is -6.19. The summed E-state index contributed by atoms with van der Waals surface area (Å²) in [5, 5.41) is 8.21. The summed E-state index contributed by atoms with van der Waals surface area (Å²) in [4.78, 5) is 12.2. The molecule has 0 amide bonds. The fraction of sp³-hybridized carbons (Fsp3) is 0.200. The van der Waals surface area contributed by atoms with Gasteiger partial charge in [0.05, 0.1) is 0 Å². The van der Waals surface area contributed by atoms with Crippen molar-refractivity contribution >= 4 is 98.5 Å². The van der Waals surface area contributed by atoms with Gasteiger partial charge in [-0.05, 0) is 103 Å². The van der Waals surface area contributed by atoms with Crippen molar-refractivity contribution in [1.29, 1.82) is 0 Å².